The van der Waals surface area contributed by atoms with E-state index in [-0.39, 0.29) is 0 Å². The summed E-state index contributed by atoms with van der Waals surface area (Å²) >= 11 is 0. The Balaban J connectivity index is 1.48. The summed E-state index contributed by atoms with van der Waals surface area (Å²) < 4.78 is 13.7. The number of ether oxygens (including phenoxy) is 2. The van der Waals surface area contributed by atoms with Gasteiger partial charge in [-0.1, -0.05) is 42.5 Å². The fraction of sp³-hybridized carbons (Fsp3) is 0.308. The summed E-state index contributed by atoms with van der Waals surface area (Å²) in [6.45, 7) is 0.520. The zero-order valence-corrected chi connectivity index (χ0v) is 18.3. The van der Waals surface area contributed by atoms with Crippen LogP contribution in [0.4, 0.5) is 5.82 Å². The van der Waals surface area contributed by atoms with Gasteiger partial charge < -0.3 is 15.2 Å². The van der Waals surface area contributed by atoms with E-state index >= 15 is 0 Å². The lowest BCUT2D eigenvalue weighted by Crippen LogP contribution is -2.20. The second-order valence-corrected chi connectivity index (χ2v) is 8.36. The van der Waals surface area contributed by atoms with Gasteiger partial charge in [0.15, 0.2) is 0 Å². The molecule has 1 aliphatic rings. The fourth-order valence-corrected chi connectivity index (χ4v) is 4.61. The molecule has 2 N–H and O–H groups in total. The second-order valence-electron chi connectivity index (χ2n) is 8.36. The molecule has 0 unspecified atom stereocenters. The van der Waals surface area contributed by atoms with Crippen molar-refractivity contribution >= 4 is 11.3 Å². The number of rotatable bonds is 6. The standard InChI is InChI=1S/C26H28N4O2/c1-31-21-12-10-19(11-13-21)26-29-23(24-25(27)28-14-15-30(24)26)20-8-5-9-22(16-20)32-17-18-6-3-2-4-7-18/h2-9,14-16,19,21H,10-13,17H2,1H3,(H2,27,28). The van der Waals surface area contributed by atoms with Gasteiger partial charge in [0.05, 0.1) is 6.10 Å². The number of aromatic nitrogens is 3. The van der Waals surface area contributed by atoms with Crippen LogP contribution < -0.4 is 10.5 Å². The Labute approximate surface area is 188 Å². The van der Waals surface area contributed by atoms with Crippen molar-refractivity contribution in [3.05, 3.63) is 78.4 Å². The van der Waals surface area contributed by atoms with Crippen LogP contribution in [0.5, 0.6) is 5.75 Å². The van der Waals surface area contributed by atoms with Gasteiger partial charge in [-0.05, 0) is 43.4 Å². The Morgan fingerprint density at radius 3 is 2.62 bits per heavy atom. The molecule has 5 rings (SSSR count). The minimum absolute atomic E-state index is 0.349. The molecule has 0 atom stereocenters. The number of nitrogen functional groups attached to an aromatic ring is 1. The second kappa shape index (κ2) is 9.01. The van der Waals surface area contributed by atoms with Gasteiger partial charge in [-0.15, -0.1) is 0 Å². The van der Waals surface area contributed by atoms with E-state index < -0.39 is 0 Å². The van der Waals surface area contributed by atoms with Crippen molar-refractivity contribution in [2.24, 2.45) is 0 Å². The first kappa shape index (κ1) is 20.5. The summed E-state index contributed by atoms with van der Waals surface area (Å²) in [5.41, 5.74) is 10.1. The van der Waals surface area contributed by atoms with E-state index in [1.165, 1.54) is 0 Å². The summed E-state index contributed by atoms with van der Waals surface area (Å²) in [7, 11) is 1.80. The summed E-state index contributed by atoms with van der Waals surface area (Å²) in [5, 5.41) is 0. The number of nitrogens with two attached hydrogens (primary N) is 1. The lowest BCUT2D eigenvalue weighted by Gasteiger charge is -2.26. The van der Waals surface area contributed by atoms with Crippen molar-refractivity contribution in [2.45, 2.75) is 44.3 Å². The van der Waals surface area contributed by atoms with Crippen LogP contribution in [0.25, 0.3) is 16.8 Å². The van der Waals surface area contributed by atoms with Crippen molar-refractivity contribution in [1.29, 1.82) is 0 Å². The van der Waals surface area contributed by atoms with Gasteiger partial charge in [-0.2, -0.15) is 0 Å². The van der Waals surface area contributed by atoms with Crippen LogP contribution in [0, 0.1) is 0 Å². The van der Waals surface area contributed by atoms with Gasteiger partial charge in [-0.25, -0.2) is 9.97 Å². The summed E-state index contributed by atoms with van der Waals surface area (Å²) in [5.74, 6) is 2.72. The first-order valence-electron chi connectivity index (χ1n) is 11.2. The first-order chi connectivity index (χ1) is 15.7. The molecule has 32 heavy (non-hydrogen) atoms. The molecule has 1 saturated carbocycles. The molecule has 1 aliphatic carbocycles. The highest BCUT2D eigenvalue weighted by Gasteiger charge is 2.27. The molecule has 1 fully saturated rings. The van der Waals surface area contributed by atoms with Crippen LogP contribution in [0.1, 0.15) is 43.0 Å². The molecular weight excluding hydrogens is 400 g/mol. The molecule has 0 radical (unpaired) electrons. The Bertz CT molecular complexity index is 1200. The molecule has 0 saturated heterocycles. The van der Waals surface area contributed by atoms with Gasteiger partial charge in [0, 0.05) is 31.0 Å². The van der Waals surface area contributed by atoms with Gasteiger partial charge in [0.25, 0.3) is 0 Å². The number of hydrogen-bond acceptors (Lipinski definition) is 5. The number of anilines is 1. The SMILES string of the molecule is COC1CCC(c2nc(-c3cccc(OCc4ccccc4)c3)c3c(N)nccn23)CC1. The summed E-state index contributed by atoms with van der Waals surface area (Å²) in [6, 6.07) is 18.2. The van der Waals surface area contributed by atoms with Crippen LogP contribution >= 0.6 is 0 Å². The third-order valence-electron chi connectivity index (χ3n) is 6.34. The van der Waals surface area contributed by atoms with Crippen LogP contribution in [0.2, 0.25) is 0 Å². The minimum Gasteiger partial charge on any atom is -0.489 e. The smallest absolute Gasteiger partial charge is 0.150 e. The van der Waals surface area contributed by atoms with E-state index in [4.69, 9.17) is 20.2 Å². The minimum atomic E-state index is 0.349. The average Bonchev–Trinajstić information content (AvgIpc) is 3.25. The quantitative estimate of drug-likeness (QED) is 0.455. The Morgan fingerprint density at radius 2 is 1.84 bits per heavy atom. The topological polar surface area (TPSA) is 74.7 Å². The highest BCUT2D eigenvalue weighted by molar-refractivity contribution is 5.85. The Kier molecular flexibility index (Phi) is 5.77. The van der Waals surface area contributed by atoms with Gasteiger partial charge in [0.1, 0.15) is 35.2 Å². The van der Waals surface area contributed by atoms with E-state index in [0.29, 0.717) is 24.4 Å². The largest absolute Gasteiger partial charge is 0.489 e. The summed E-state index contributed by atoms with van der Waals surface area (Å²) in [6.07, 6.45) is 8.28. The number of benzene rings is 2. The maximum absolute atomic E-state index is 6.33. The van der Waals surface area contributed by atoms with E-state index in [1.54, 1.807) is 13.3 Å². The number of imidazole rings is 1. The average molecular weight is 429 g/mol. The maximum atomic E-state index is 6.33. The van der Waals surface area contributed by atoms with Crippen LogP contribution in [-0.4, -0.2) is 27.6 Å². The van der Waals surface area contributed by atoms with Gasteiger partial charge >= 0.3 is 0 Å². The Morgan fingerprint density at radius 1 is 1.03 bits per heavy atom. The number of methoxy groups -OCH3 is 1. The number of hydrogen-bond donors (Lipinski definition) is 1. The predicted molar refractivity (Wildman–Crippen MR) is 126 cm³/mol. The highest BCUT2D eigenvalue weighted by atomic mass is 16.5. The summed E-state index contributed by atoms with van der Waals surface area (Å²) in [4.78, 5) is 9.44. The van der Waals surface area contributed by atoms with Gasteiger partial charge in [-0.3, -0.25) is 4.40 Å². The molecule has 2 heterocycles. The molecule has 4 aromatic rings. The maximum Gasteiger partial charge on any atom is 0.150 e. The number of fused-ring (bicyclic) bond motifs is 1. The predicted octanol–water partition coefficient (Wildman–Crippen LogP) is 5.23. The monoisotopic (exact) mass is 428 g/mol. The molecule has 6 heteroatoms. The number of nitrogens with zero attached hydrogens (tertiary/aromatic N) is 3. The van der Waals surface area contributed by atoms with Crippen molar-refractivity contribution in [3.8, 4) is 17.0 Å². The lowest BCUT2D eigenvalue weighted by atomic mass is 9.87. The first-order valence-corrected chi connectivity index (χ1v) is 11.2. The van der Waals surface area contributed by atoms with E-state index in [0.717, 1.165) is 59.6 Å². The third kappa shape index (κ3) is 4.06. The molecule has 0 bridgehead atoms. The lowest BCUT2D eigenvalue weighted by molar-refractivity contribution is 0.0650. The molecule has 0 spiro atoms. The van der Waals surface area contributed by atoms with Gasteiger partial charge in [0.2, 0.25) is 0 Å². The molecule has 164 valence electrons. The zero-order chi connectivity index (χ0) is 21.9. The van der Waals surface area contributed by atoms with Crippen molar-refractivity contribution in [2.75, 3.05) is 12.8 Å². The van der Waals surface area contributed by atoms with E-state index in [9.17, 15) is 0 Å². The molecule has 2 aromatic heterocycles. The van der Waals surface area contributed by atoms with Crippen LogP contribution in [-0.2, 0) is 11.3 Å². The molecule has 2 aromatic carbocycles. The van der Waals surface area contributed by atoms with Crippen molar-refractivity contribution in [1.82, 2.24) is 14.4 Å². The van der Waals surface area contributed by atoms with Crippen molar-refractivity contribution < 1.29 is 9.47 Å². The van der Waals surface area contributed by atoms with E-state index in [2.05, 4.69) is 27.6 Å². The van der Waals surface area contributed by atoms with Crippen LogP contribution in [0.3, 0.4) is 0 Å². The molecule has 0 amide bonds. The molecule has 6 nitrogen and oxygen atoms in total. The Hall–Kier alpha value is -3.38. The van der Waals surface area contributed by atoms with Crippen molar-refractivity contribution in [3.63, 3.8) is 0 Å². The zero-order valence-electron chi connectivity index (χ0n) is 18.3. The van der Waals surface area contributed by atoms with Crippen LogP contribution in [0.15, 0.2) is 67.0 Å². The highest BCUT2D eigenvalue weighted by Crippen LogP contribution is 2.37. The molecule has 0 aliphatic heterocycles. The van der Waals surface area contributed by atoms with E-state index in [1.807, 2.05) is 42.6 Å². The normalized spacial score (nSPS) is 18.7. The fourth-order valence-electron chi connectivity index (χ4n) is 4.61. The third-order valence-corrected chi connectivity index (χ3v) is 6.34. The molecular formula is C26H28N4O2.